The summed E-state index contributed by atoms with van der Waals surface area (Å²) < 4.78 is 10.2. The zero-order valence-corrected chi connectivity index (χ0v) is 24.9. The number of aromatic nitrogens is 2. The third-order valence-electron chi connectivity index (χ3n) is 7.27. The van der Waals surface area contributed by atoms with Crippen molar-refractivity contribution in [2.24, 2.45) is 0 Å². The largest absolute Gasteiger partial charge is 0.448 e. The van der Waals surface area contributed by atoms with Gasteiger partial charge in [-0.2, -0.15) is 0 Å². The highest BCUT2D eigenvalue weighted by Gasteiger charge is 2.54. The molecule has 216 valence electrons. The molecule has 0 spiro atoms. The van der Waals surface area contributed by atoms with Gasteiger partial charge in [0.2, 0.25) is 5.91 Å². The average Bonchev–Trinajstić information content (AvgIpc) is 3.46. The fourth-order valence-electron chi connectivity index (χ4n) is 5.08. The lowest BCUT2D eigenvalue weighted by atomic mass is 10.00. The number of rotatable bonds is 9. The van der Waals surface area contributed by atoms with E-state index in [1.165, 1.54) is 28.2 Å². The van der Waals surface area contributed by atoms with Crippen molar-refractivity contribution in [3.63, 3.8) is 0 Å². The second-order valence-electron chi connectivity index (χ2n) is 10.2. The number of aryl methyl sites for hydroxylation is 1. The summed E-state index contributed by atoms with van der Waals surface area (Å²) in [6.45, 7) is 1.87. The van der Waals surface area contributed by atoms with E-state index >= 15 is 0 Å². The fraction of sp³-hybridized carbons (Fsp3) is 0.182. The minimum absolute atomic E-state index is 0.165. The first kappa shape index (κ1) is 28.6. The molecule has 2 aliphatic rings. The lowest BCUT2D eigenvalue weighted by molar-refractivity contribution is -0.154. The van der Waals surface area contributed by atoms with Crippen LogP contribution < -0.4 is 5.32 Å². The minimum Gasteiger partial charge on any atom is -0.448 e. The van der Waals surface area contributed by atoms with Crippen LogP contribution in [-0.2, 0) is 25.5 Å². The number of β-lactam (4-membered cyclic amide) rings is 1. The smallest absolute Gasteiger partial charge is 0.356 e. The number of nitrogens with one attached hydrogen (secondary N) is 1. The monoisotopic (exact) mass is 608 g/mol. The Hall–Kier alpha value is -4.54. The molecule has 3 heterocycles. The van der Waals surface area contributed by atoms with Gasteiger partial charge in [-0.15, -0.1) is 16.9 Å². The maximum Gasteiger partial charge on any atom is 0.356 e. The van der Waals surface area contributed by atoms with Crippen molar-refractivity contribution in [1.82, 2.24) is 19.8 Å². The first-order chi connectivity index (χ1) is 21.0. The number of thioether (sulfide) groups is 1. The van der Waals surface area contributed by atoms with Crippen molar-refractivity contribution in [1.29, 1.82) is 0 Å². The number of hydrogen-bond acceptors (Lipinski definition) is 8. The van der Waals surface area contributed by atoms with E-state index in [-0.39, 0.29) is 23.9 Å². The summed E-state index contributed by atoms with van der Waals surface area (Å²) in [4.78, 5) is 42.8. The molecule has 0 bridgehead atoms. The third kappa shape index (κ3) is 6.16. The molecule has 0 radical (unpaired) electrons. The Morgan fingerprint density at radius 3 is 2.21 bits per heavy atom. The maximum absolute atomic E-state index is 14.1. The Kier molecular flexibility index (Phi) is 8.48. The number of carbonyl (C=O) groups excluding carboxylic acids is 3. The molecular formula is C33H28N4O4S2. The molecule has 2 amide bonds. The Morgan fingerprint density at radius 1 is 0.977 bits per heavy atom. The lowest BCUT2D eigenvalue weighted by Crippen LogP contribution is -2.70. The summed E-state index contributed by atoms with van der Waals surface area (Å²) in [5.74, 6) is -0.746. The van der Waals surface area contributed by atoms with Crippen LogP contribution in [0.3, 0.4) is 0 Å². The van der Waals surface area contributed by atoms with Gasteiger partial charge in [-0.3, -0.25) is 14.5 Å². The first-order valence-electron chi connectivity index (χ1n) is 13.8. The summed E-state index contributed by atoms with van der Waals surface area (Å²) in [6, 6.07) is 27.7. The van der Waals surface area contributed by atoms with E-state index in [0.717, 1.165) is 27.3 Å². The minimum atomic E-state index is -0.735. The third-order valence-corrected chi connectivity index (χ3v) is 9.36. The fourth-order valence-corrected chi connectivity index (χ4v) is 6.95. The maximum atomic E-state index is 14.1. The van der Waals surface area contributed by atoms with Gasteiger partial charge in [0, 0.05) is 5.75 Å². The summed E-state index contributed by atoms with van der Waals surface area (Å²) in [5, 5.41) is 6.52. The van der Waals surface area contributed by atoms with Crippen molar-refractivity contribution in [2.45, 2.75) is 30.9 Å². The molecule has 1 unspecified atom stereocenters. The van der Waals surface area contributed by atoms with E-state index < -0.39 is 23.5 Å². The quantitative estimate of drug-likeness (QED) is 0.209. The number of hydrogen-bond donors (Lipinski definition) is 1. The van der Waals surface area contributed by atoms with E-state index in [1.807, 2.05) is 110 Å². The number of ether oxygens (including phenoxy) is 1. The van der Waals surface area contributed by atoms with Crippen LogP contribution in [0.15, 0.2) is 108 Å². The predicted octanol–water partition coefficient (Wildman–Crippen LogP) is 5.09. The van der Waals surface area contributed by atoms with Crippen molar-refractivity contribution in [3.05, 3.63) is 136 Å². The second-order valence-corrected chi connectivity index (χ2v) is 12.0. The standard InChI is InChI=1S/C33H28N4O4S2/c1-21-26(43-36-35-21)18-17-25-20-42-32-28(34-27(38)19-22-11-5-2-6-12-22)31(39)37(32)29(25)33(40)41-30(23-13-7-3-8-14-23)24-15-9-4-10-16-24/h2-18,28,30,32H,19-20H2,1H3,(H,34,38)/t28?,32-/m1/s1. The van der Waals surface area contributed by atoms with Gasteiger partial charge < -0.3 is 10.1 Å². The molecule has 3 aromatic carbocycles. The van der Waals surface area contributed by atoms with E-state index in [4.69, 9.17) is 4.74 Å². The van der Waals surface area contributed by atoms with Crippen LogP contribution in [0.5, 0.6) is 0 Å². The van der Waals surface area contributed by atoms with Crippen LogP contribution in [0.4, 0.5) is 0 Å². The zero-order valence-electron chi connectivity index (χ0n) is 23.3. The van der Waals surface area contributed by atoms with Gasteiger partial charge in [-0.05, 0) is 46.8 Å². The van der Waals surface area contributed by atoms with Crippen LogP contribution in [-0.4, -0.2) is 49.4 Å². The first-order valence-corrected chi connectivity index (χ1v) is 15.6. The summed E-state index contributed by atoms with van der Waals surface area (Å²) in [6.07, 6.45) is 3.18. The average molecular weight is 609 g/mol. The van der Waals surface area contributed by atoms with Crippen molar-refractivity contribution >= 4 is 47.2 Å². The van der Waals surface area contributed by atoms with Gasteiger partial charge in [0.05, 0.1) is 17.0 Å². The number of esters is 1. The van der Waals surface area contributed by atoms with Gasteiger partial charge in [0.25, 0.3) is 5.91 Å². The number of allylic oxidation sites excluding steroid dienone is 1. The van der Waals surface area contributed by atoms with E-state index in [1.54, 1.807) is 0 Å². The van der Waals surface area contributed by atoms with Crippen LogP contribution in [0.2, 0.25) is 0 Å². The van der Waals surface area contributed by atoms with Crippen molar-refractivity contribution in [2.75, 3.05) is 5.75 Å². The molecule has 2 atom stereocenters. The summed E-state index contributed by atoms with van der Waals surface area (Å²) in [5.41, 5.74) is 4.11. The van der Waals surface area contributed by atoms with Crippen LogP contribution in [0.1, 0.15) is 33.4 Å². The predicted molar refractivity (Wildman–Crippen MR) is 167 cm³/mol. The number of benzene rings is 3. The Morgan fingerprint density at radius 2 is 1.60 bits per heavy atom. The molecule has 1 aromatic heterocycles. The molecule has 1 fully saturated rings. The van der Waals surface area contributed by atoms with Crippen LogP contribution in [0.25, 0.3) is 6.08 Å². The highest BCUT2D eigenvalue weighted by atomic mass is 32.2. The van der Waals surface area contributed by atoms with E-state index in [2.05, 4.69) is 14.9 Å². The number of fused-ring (bicyclic) bond motifs is 1. The Labute approximate surface area is 257 Å². The number of carbonyl (C=O) groups is 3. The molecule has 1 N–H and O–H groups in total. The number of amides is 2. The molecule has 10 heteroatoms. The number of nitrogens with zero attached hydrogens (tertiary/aromatic N) is 3. The molecule has 8 nitrogen and oxygen atoms in total. The SMILES string of the molecule is Cc1nnsc1C=CC1=C(C(=O)OC(c2ccccc2)c2ccccc2)N2C(=O)C(NC(=O)Cc3ccccc3)[C@H]2SC1. The van der Waals surface area contributed by atoms with Gasteiger partial charge in [0.1, 0.15) is 17.1 Å². The van der Waals surface area contributed by atoms with Crippen molar-refractivity contribution in [3.8, 4) is 0 Å². The van der Waals surface area contributed by atoms with Gasteiger partial charge >= 0.3 is 5.97 Å². The molecule has 43 heavy (non-hydrogen) atoms. The normalized spacial score (nSPS) is 18.0. The van der Waals surface area contributed by atoms with Gasteiger partial charge in [-0.25, -0.2) is 4.79 Å². The topological polar surface area (TPSA) is 101 Å². The summed E-state index contributed by atoms with van der Waals surface area (Å²) >= 11 is 2.76. The Bertz CT molecular complexity index is 1650. The molecule has 0 aliphatic carbocycles. The molecule has 6 rings (SSSR count). The van der Waals surface area contributed by atoms with Gasteiger partial charge in [-0.1, -0.05) is 102 Å². The van der Waals surface area contributed by atoms with Crippen LogP contribution in [0, 0.1) is 6.92 Å². The summed E-state index contributed by atoms with van der Waals surface area (Å²) in [7, 11) is 0. The molecule has 1 saturated heterocycles. The highest BCUT2D eigenvalue weighted by molar-refractivity contribution is 8.00. The van der Waals surface area contributed by atoms with E-state index in [9.17, 15) is 14.4 Å². The second kappa shape index (κ2) is 12.8. The molecule has 4 aromatic rings. The Balaban J connectivity index is 1.29. The molecular weight excluding hydrogens is 581 g/mol. The molecule has 2 aliphatic heterocycles. The zero-order chi connectivity index (χ0) is 29.8. The van der Waals surface area contributed by atoms with Crippen molar-refractivity contribution < 1.29 is 19.1 Å². The lowest BCUT2D eigenvalue weighted by Gasteiger charge is -2.49. The van der Waals surface area contributed by atoms with E-state index in [0.29, 0.717) is 11.3 Å². The highest BCUT2D eigenvalue weighted by Crippen LogP contribution is 2.42. The molecule has 0 saturated carbocycles. The van der Waals surface area contributed by atoms with Crippen LogP contribution >= 0.6 is 23.3 Å². The van der Waals surface area contributed by atoms with Gasteiger partial charge in [0.15, 0.2) is 6.10 Å².